The van der Waals surface area contributed by atoms with Crippen molar-refractivity contribution in [2.45, 2.75) is 6.92 Å². The Bertz CT molecular complexity index is 1440. The second-order valence-electron chi connectivity index (χ2n) is 7.34. The highest BCUT2D eigenvalue weighted by molar-refractivity contribution is 5.80. The van der Waals surface area contributed by atoms with Gasteiger partial charge in [-0.1, -0.05) is 0 Å². The van der Waals surface area contributed by atoms with E-state index in [0.29, 0.717) is 28.8 Å². The van der Waals surface area contributed by atoms with Crippen LogP contribution in [-0.2, 0) is 0 Å². The molecule has 0 bridgehead atoms. The molecule has 0 fully saturated rings. The van der Waals surface area contributed by atoms with E-state index in [-0.39, 0.29) is 5.82 Å². The van der Waals surface area contributed by atoms with Crippen molar-refractivity contribution in [3.05, 3.63) is 78.8 Å². The normalized spacial score (nSPS) is 11.0. The molecule has 0 radical (unpaired) electrons. The van der Waals surface area contributed by atoms with Crippen molar-refractivity contribution in [2.24, 2.45) is 0 Å². The Labute approximate surface area is 189 Å². The van der Waals surface area contributed by atoms with E-state index in [1.807, 2.05) is 47.9 Å². The topological polar surface area (TPSA) is 78.5 Å². The van der Waals surface area contributed by atoms with Gasteiger partial charge in [-0.05, 0) is 55.5 Å². The van der Waals surface area contributed by atoms with E-state index in [1.54, 1.807) is 37.4 Å². The minimum absolute atomic E-state index is 0.303. The number of nitrogens with one attached hydrogen (secondary N) is 1. The van der Waals surface area contributed by atoms with Crippen LogP contribution in [0.2, 0.25) is 0 Å². The predicted molar refractivity (Wildman–Crippen MR) is 123 cm³/mol. The number of nitrogens with zero attached hydrogens (tertiary/aromatic N) is 5. The zero-order valence-corrected chi connectivity index (χ0v) is 18.3. The van der Waals surface area contributed by atoms with Crippen molar-refractivity contribution in [1.82, 2.24) is 24.1 Å². The number of aryl methyl sites for hydroxylation is 1. The predicted octanol–water partition coefficient (Wildman–Crippen LogP) is 4.79. The first-order valence-corrected chi connectivity index (χ1v) is 10.2. The maximum Gasteiger partial charge on any atom is 0.226 e. The third-order valence-electron chi connectivity index (χ3n) is 5.23. The van der Waals surface area contributed by atoms with Gasteiger partial charge in [0.15, 0.2) is 5.65 Å². The average Bonchev–Trinajstić information content (AvgIpc) is 3.43. The quantitative estimate of drug-likeness (QED) is 0.406. The molecule has 0 aliphatic heterocycles. The Hall–Kier alpha value is -4.40. The summed E-state index contributed by atoms with van der Waals surface area (Å²) >= 11 is 0. The molecule has 0 unspecified atom stereocenters. The molecule has 0 saturated carbocycles. The van der Waals surface area contributed by atoms with Crippen LogP contribution in [0.25, 0.3) is 22.6 Å². The first-order chi connectivity index (χ1) is 16.1. The summed E-state index contributed by atoms with van der Waals surface area (Å²) in [5, 5.41) is 7.76. The molecule has 5 aromatic rings. The molecule has 0 amide bonds. The van der Waals surface area contributed by atoms with Crippen LogP contribution in [0.4, 0.5) is 15.8 Å². The summed E-state index contributed by atoms with van der Waals surface area (Å²) in [6, 6.07) is 15.7. The lowest BCUT2D eigenvalue weighted by Gasteiger charge is -2.12. The minimum atomic E-state index is -0.303. The van der Waals surface area contributed by atoms with Gasteiger partial charge < -0.3 is 14.8 Å². The molecule has 5 rings (SSSR count). The summed E-state index contributed by atoms with van der Waals surface area (Å²) in [6.07, 6.45) is 3.52. The number of anilines is 2. The van der Waals surface area contributed by atoms with Gasteiger partial charge in [-0.3, -0.25) is 4.40 Å². The number of imidazole rings is 1. The first kappa shape index (κ1) is 20.5. The summed E-state index contributed by atoms with van der Waals surface area (Å²) < 4.78 is 28.2. The molecule has 33 heavy (non-hydrogen) atoms. The lowest BCUT2D eigenvalue weighted by Crippen LogP contribution is -2.01. The van der Waals surface area contributed by atoms with Crippen LogP contribution in [0.5, 0.6) is 11.6 Å². The second kappa shape index (κ2) is 8.27. The van der Waals surface area contributed by atoms with E-state index >= 15 is 0 Å². The van der Waals surface area contributed by atoms with E-state index in [4.69, 9.17) is 14.5 Å². The van der Waals surface area contributed by atoms with E-state index in [1.165, 1.54) is 12.1 Å². The van der Waals surface area contributed by atoms with Gasteiger partial charge in [0.2, 0.25) is 5.88 Å². The Kier molecular flexibility index (Phi) is 5.14. The van der Waals surface area contributed by atoms with E-state index < -0.39 is 0 Å². The standard InChI is InChI=1S/C24H21FN6O2/c1-15-26-14-31(29-15)20-11-10-18(13-21(20)32-2)27-19-5-4-12-30-23(19)28-22(24(30)33-3)16-6-8-17(25)9-7-16/h4-14,27H,1-3H3. The molecular weight excluding hydrogens is 423 g/mol. The molecule has 0 spiro atoms. The van der Waals surface area contributed by atoms with Crippen LogP contribution in [-0.4, -0.2) is 38.4 Å². The lowest BCUT2D eigenvalue weighted by atomic mass is 10.1. The van der Waals surface area contributed by atoms with Gasteiger partial charge in [0.05, 0.1) is 19.9 Å². The molecule has 8 nitrogen and oxygen atoms in total. The monoisotopic (exact) mass is 444 g/mol. The molecule has 0 saturated heterocycles. The average molecular weight is 444 g/mol. The van der Waals surface area contributed by atoms with Gasteiger partial charge in [-0.25, -0.2) is 19.0 Å². The Balaban J connectivity index is 1.55. The highest BCUT2D eigenvalue weighted by Crippen LogP contribution is 2.35. The number of rotatable bonds is 6. The second-order valence-corrected chi connectivity index (χ2v) is 7.34. The summed E-state index contributed by atoms with van der Waals surface area (Å²) in [6.45, 7) is 1.83. The molecular formula is C24H21FN6O2. The van der Waals surface area contributed by atoms with E-state index in [9.17, 15) is 4.39 Å². The number of pyridine rings is 1. The van der Waals surface area contributed by atoms with Crippen LogP contribution in [0, 0.1) is 12.7 Å². The van der Waals surface area contributed by atoms with Crippen LogP contribution >= 0.6 is 0 Å². The lowest BCUT2D eigenvalue weighted by molar-refractivity contribution is 0.396. The van der Waals surface area contributed by atoms with Crippen molar-refractivity contribution in [3.63, 3.8) is 0 Å². The fourth-order valence-electron chi connectivity index (χ4n) is 3.70. The van der Waals surface area contributed by atoms with Crippen LogP contribution in [0.1, 0.15) is 5.82 Å². The maximum absolute atomic E-state index is 13.4. The number of halogens is 1. The summed E-state index contributed by atoms with van der Waals surface area (Å²) in [5.41, 5.74) is 4.42. The fourth-order valence-corrected chi connectivity index (χ4v) is 3.70. The third-order valence-corrected chi connectivity index (χ3v) is 5.23. The number of hydrogen-bond donors (Lipinski definition) is 1. The van der Waals surface area contributed by atoms with Crippen LogP contribution in [0.15, 0.2) is 67.1 Å². The number of aromatic nitrogens is 5. The highest BCUT2D eigenvalue weighted by Gasteiger charge is 2.17. The fraction of sp³-hybridized carbons (Fsp3) is 0.125. The van der Waals surface area contributed by atoms with E-state index in [2.05, 4.69) is 15.4 Å². The summed E-state index contributed by atoms with van der Waals surface area (Å²) in [4.78, 5) is 8.97. The molecule has 166 valence electrons. The maximum atomic E-state index is 13.4. The summed E-state index contributed by atoms with van der Waals surface area (Å²) in [5.74, 6) is 1.58. The number of methoxy groups -OCH3 is 2. The Morgan fingerprint density at radius 2 is 1.82 bits per heavy atom. The molecule has 0 aliphatic rings. The van der Waals surface area contributed by atoms with Crippen molar-refractivity contribution in [1.29, 1.82) is 0 Å². The SMILES string of the molecule is COc1cc(Nc2cccn3c(OC)c(-c4ccc(F)cc4)nc23)ccc1-n1cnc(C)n1. The Morgan fingerprint density at radius 3 is 2.52 bits per heavy atom. The molecule has 1 N–H and O–H groups in total. The smallest absolute Gasteiger partial charge is 0.226 e. The molecule has 9 heteroatoms. The van der Waals surface area contributed by atoms with Crippen LogP contribution < -0.4 is 14.8 Å². The van der Waals surface area contributed by atoms with Crippen molar-refractivity contribution < 1.29 is 13.9 Å². The summed E-state index contributed by atoms with van der Waals surface area (Å²) in [7, 11) is 3.20. The van der Waals surface area contributed by atoms with Gasteiger partial charge in [0, 0.05) is 23.5 Å². The number of ether oxygens (including phenoxy) is 2. The largest absolute Gasteiger partial charge is 0.494 e. The number of benzene rings is 2. The Morgan fingerprint density at radius 1 is 1.00 bits per heavy atom. The van der Waals surface area contributed by atoms with Crippen molar-refractivity contribution >= 4 is 17.0 Å². The van der Waals surface area contributed by atoms with Gasteiger partial charge in [-0.2, -0.15) is 5.10 Å². The van der Waals surface area contributed by atoms with E-state index in [0.717, 1.165) is 22.6 Å². The molecule has 3 aromatic heterocycles. The molecule has 3 heterocycles. The first-order valence-electron chi connectivity index (χ1n) is 10.2. The minimum Gasteiger partial charge on any atom is -0.494 e. The van der Waals surface area contributed by atoms with Crippen molar-refractivity contribution in [3.8, 4) is 28.6 Å². The molecule has 0 aliphatic carbocycles. The van der Waals surface area contributed by atoms with Gasteiger partial charge >= 0.3 is 0 Å². The number of hydrogen-bond acceptors (Lipinski definition) is 6. The molecule has 2 aromatic carbocycles. The third kappa shape index (κ3) is 3.73. The van der Waals surface area contributed by atoms with Crippen LogP contribution in [0.3, 0.4) is 0 Å². The van der Waals surface area contributed by atoms with Crippen molar-refractivity contribution in [2.75, 3.05) is 19.5 Å². The van der Waals surface area contributed by atoms with Gasteiger partial charge in [0.25, 0.3) is 0 Å². The molecule has 0 atom stereocenters. The zero-order valence-electron chi connectivity index (χ0n) is 18.3. The highest BCUT2D eigenvalue weighted by atomic mass is 19.1. The van der Waals surface area contributed by atoms with Gasteiger partial charge in [-0.15, -0.1) is 0 Å². The zero-order chi connectivity index (χ0) is 22.9. The number of fused-ring (bicyclic) bond motifs is 1. The van der Waals surface area contributed by atoms with Gasteiger partial charge in [0.1, 0.15) is 35.1 Å².